The molecule has 19 heavy (non-hydrogen) atoms. The predicted molar refractivity (Wildman–Crippen MR) is 74.3 cm³/mol. The summed E-state index contributed by atoms with van der Waals surface area (Å²) in [6.45, 7) is 0.846. The third kappa shape index (κ3) is 5.76. The fourth-order valence-corrected chi connectivity index (χ4v) is 2.02. The lowest BCUT2D eigenvalue weighted by molar-refractivity contribution is -0.120. The van der Waals surface area contributed by atoms with Gasteiger partial charge >= 0.3 is 0 Å². The summed E-state index contributed by atoms with van der Waals surface area (Å²) >= 11 is 11.8. The maximum absolute atomic E-state index is 13.5. The molecule has 106 valence electrons. The maximum atomic E-state index is 13.5. The molecule has 1 atom stereocenters. The number of carbonyl (C=O) groups excluding carboxylic acids is 1. The second-order valence-electron chi connectivity index (χ2n) is 4.07. The van der Waals surface area contributed by atoms with Gasteiger partial charge in [-0.2, -0.15) is 0 Å². The Morgan fingerprint density at radius 1 is 1.53 bits per heavy atom. The van der Waals surface area contributed by atoms with E-state index in [0.29, 0.717) is 19.6 Å². The average Bonchev–Trinajstić information content (AvgIpc) is 2.34. The lowest BCUT2D eigenvalue weighted by atomic mass is 10.1. The molecule has 0 heterocycles. The zero-order valence-corrected chi connectivity index (χ0v) is 12.1. The quantitative estimate of drug-likeness (QED) is 0.787. The molecule has 0 fully saturated rings. The Labute approximate surface area is 122 Å². The number of benzene rings is 1. The minimum atomic E-state index is -0.475. The minimum absolute atomic E-state index is 0.0806. The van der Waals surface area contributed by atoms with Crippen LogP contribution in [0.3, 0.4) is 0 Å². The van der Waals surface area contributed by atoms with Crippen molar-refractivity contribution in [2.24, 2.45) is 0 Å². The van der Waals surface area contributed by atoms with Gasteiger partial charge in [-0.15, -0.1) is 11.6 Å². The number of hydrogen-bond donors (Lipinski definition) is 1. The van der Waals surface area contributed by atoms with E-state index in [0.717, 1.165) is 0 Å². The number of carbonyl (C=O) groups is 1. The van der Waals surface area contributed by atoms with Gasteiger partial charge < -0.3 is 10.1 Å². The van der Waals surface area contributed by atoms with Crippen LogP contribution in [0.5, 0.6) is 0 Å². The fourth-order valence-electron chi connectivity index (χ4n) is 1.56. The van der Waals surface area contributed by atoms with Crippen molar-refractivity contribution in [2.75, 3.05) is 20.3 Å². The molecule has 1 aromatic carbocycles. The lowest BCUT2D eigenvalue weighted by Gasteiger charge is -2.10. The van der Waals surface area contributed by atoms with Crippen LogP contribution >= 0.6 is 23.2 Å². The number of amides is 1. The van der Waals surface area contributed by atoms with Crippen LogP contribution in [0.15, 0.2) is 18.2 Å². The van der Waals surface area contributed by atoms with Crippen molar-refractivity contribution >= 4 is 29.1 Å². The molecule has 0 aliphatic carbocycles. The predicted octanol–water partition coefficient (Wildman–Crippen LogP) is 2.78. The molecule has 0 saturated carbocycles. The van der Waals surface area contributed by atoms with Crippen LogP contribution in [0.1, 0.15) is 12.0 Å². The van der Waals surface area contributed by atoms with Crippen LogP contribution < -0.4 is 5.32 Å². The van der Waals surface area contributed by atoms with Gasteiger partial charge in [-0.1, -0.05) is 17.7 Å². The van der Waals surface area contributed by atoms with E-state index >= 15 is 0 Å². The van der Waals surface area contributed by atoms with Gasteiger partial charge in [0.1, 0.15) is 5.82 Å². The average molecular weight is 308 g/mol. The van der Waals surface area contributed by atoms with E-state index in [4.69, 9.17) is 27.9 Å². The normalized spacial score (nSPS) is 12.2. The third-order valence-electron chi connectivity index (χ3n) is 2.53. The molecule has 1 amide bonds. The van der Waals surface area contributed by atoms with Crippen LogP contribution in [0, 0.1) is 5.82 Å². The molecular weight excluding hydrogens is 292 g/mol. The maximum Gasteiger partial charge on any atom is 0.224 e. The van der Waals surface area contributed by atoms with Crippen molar-refractivity contribution in [3.05, 3.63) is 34.6 Å². The first-order valence-electron chi connectivity index (χ1n) is 5.87. The van der Waals surface area contributed by atoms with Crippen molar-refractivity contribution in [1.29, 1.82) is 0 Å². The topological polar surface area (TPSA) is 38.3 Å². The summed E-state index contributed by atoms with van der Waals surface area (Å²) in [7, 11) is 1.56. The Kier molecular flexibility index (Phi) is 7.13. The first kappa shape index (κ1) is 16.2. The summed E-state index contributed by atoms with van der Waals surface area (Å²) in [5.41, 5.74) is 0.209. The SMILES string of the molecule is COCC(Cl)CCNC(=O)Cc1c(F)cccc1Cl. The highest BCUT2D eigenvalue weighted by Gasteiger charge is 2.12. The first-order chi connectivity index (χ1) is 9.04. The Hall–Kier alpha value is -0.840. The summed E-state index contributed by atoms with van der Waals surface area (Å²) in [4.78, 5) is 11.6. The molecule has 6 heteroatoms. The molecule has 0 aliphatic rings. The highest BCUT2D eigenvalue weighted by Crippen LogP contribution is 2.19. The number of ether oxygens (including phenoxy) is 1. The van der Waals surface area contributed by atoms with Gasteiger partial charge in [0, 0.05) is 24.2 Å². The van der Waals surface area contributed by atoms with Gasteiger partial charge in [-0.05, 0) is 18.6 Å². The number of hydrogen-bond acceptors (Lipinski definition) is 2. The van der Waals surface area contributed by atoms with Crippen molar-refractivity contribution in [2.45, 2.75) is 18.2 Å². The van der Waals surface area contributed by atoms with Crippen LogP contribution in [0.25, 0.3) is 0 Å². The van der Waals surface area contributed by atoms with Gasteiger partial charge in [0.25, 0.3) is 0 Å². The van der Waals surface area contributed by atoms with Crippen LogP contribution in [-0.2, 0) is 16.0 Å². The number of alkyl halides is 1. The van der Waals surface area contributed by atoms with Gasteiger partial charge in [0.2, 0.25) is 5.91 Å². The number of nitrogens with one attached hydrogen (secondary N) is 1. The zero-order chi connectivity index (χ0) is 14.3. The van der Waals surface area contributed by atoms with E-state index in [1.165, 1.54) is 12.1 Å². The van der Waals surface area contributed by atoms with E-state index in [-0.39, 0.29) is 28.3 Å². The molecule has 1 aromatic rings. The summed E-state index contributed by atoms with van der Waals surface area (Å²) in [5.74, 6) is -0.759. The van der Waals surface area contributed by atoms with E-state index in [1.807, 2.05) is 0 Å². The van der Waals surface area contributed by atoms with Crippen molar-refractivity contribution in [3.63, 3.8) is 0 Å². The van der Waals surface area contributed by atoms with Crippen molar-refractivity contribution in [1.82, 2.24) is 5.32 Å². The van der Waals surface area contributed by atoms with E-state index in [1.54, 1.807) is 13.2 Å². The summed E-state index contributed by atoms with van der Waals surface area (Å²) in [6, 6.07) is 4.34. The van der Waals surface area contributed by atoms with Crippen molar-refractivity contribution in [3.8, 4) is 0 Å². The molecule has 1 unspecified atom stereocenters. The Morgan fingerprint density at radius 2 is 2.26 bits per heavy atom. The second kappa shape index (κ2) is 8.35. The van der Waals surface area contributed by atoms with E-state index in [2.05, 4.69) is 5.32 Å². The van der Waals surface area contributed by atoms with Crippen LogP contribution in [0.2, 0.25) is 5.02 Å². The second-order valence-corrected chi connectivity index (χ2v) is 5.09. The molecule has 0 spiro atoms. The highest BCUT2D eigenvalue weighted by molar-refractivity contribution is 6.31. The number of methoxy groups -OCH3 is 1. The zero-order valence-electron chi connectivity index (χ0n) is 10.6. The van der Waals surface area contributed by atoms with Crippen molar-refractivity contribution < 1.29 is 13.9 Å². The molecule has 0 radical (unpaired) electrons. The van der Waals surface area contributed by atoms with Gasteiger partial charge in [-0.3, -0.25) is 4.79 Å². The Morgan fingerprint density at radius 3 is 2.89 bits per heavy atom. The molecule has 3 nitrogen and oxygen atoms in total. The van der Waals surface area contributed by atoms with E-state index < -0.39 is 5.82 Å². The Bertz CT molecular complexity index is 409. The van der Waals surface area contributed by atoms with Crippen LogP contribution in [-0.4, -0.2) is 31.5 Å². The molecular formula is C13H16Cl2FNO2. The summed E-state index contributed by atoms with van der Waals surface area (Å²) in [5, 5.41) is 2.77. The summed E-state index contributed by atoms with van der Waals surface area (Å²) < 4.78 is 18.3. The third-order valence-corrected chi connectivity index (χ3v) is 3.22. The van der Waals surface area contributed by atoms with Gasteiger partial charge in [0.15, 0.2) is 0 Å². The van der Waals surface area contributed by atoms with E-state index in [9.17, 15) is 9.18 Å². The van der Waals surface area contributed by atoms with Gasteiger partial charge in [0.05, 0.1) is 18.4 Å². The lowest BCUT2D eigenvalue weighted by Crippen LogP contribution is -2.28. The molecule has 0 saturated heterocycles. The largest absolute Gasteiger partial charge is 0.383 e. The highest BCUT2D eigenvalue weighted by atomic mass is 35.5. The molecule has 0 aromatic heterocycles. The number of rotatable bonds is 7. The van der Waals surface area contributed by atoms with Gasteiger partial charge in [-0.25, -0.2) is 4.39 Å². The standard InChI is InChI=1S/C13H16Cl2FNO2/c1-19-8-9(14)5-6-17-13(18)7-10-11(15)3-2-4-12(10)16/h2-4,9H,5-8H2,1H3,(H,17,18). The number of halogens is 3. The Balaban J connectivity index is 2.39. The summed E-state index contributed by atoms with van der Waals surface area (Å²) in [6.07, 6.45) is 0.509. The smallest absolute Gasteiger partial charge is 0.224 e. The minimum Gasteiger partial charge on any atom is -0.383 e. The molecule has 0 bridgehead atoms. The van der Waals surface area contributed by atoms with Crippen LogP contribution in [0.4, 0.5) is 4.39 Å². The monoisotopic (exact) mass is 307 g/mol. The first-order valence-corrected chi connectivity index (χ1v) is 6.68. The molecule has 0 aliphatic heterocycles. The molecule has 1 N–H and O–H groups in total. The molecule has 1 rings (SSSR count). The fraction of sp³-hybridized carbons (Fsp3) is 0.462.